The summed E-state index contributed by atoms with van der Waals surface area (Å²) >= 11 is 1.58. The molecule has 8 heteroatoms. The van der Waals surface area contributed by atoms with Gasteiger partial charge in [-0.15, -0.1) is 0 Å². The van der Waals surface area contributed by atoms with E-state index in [-0.39, 0.29) is 0 Å². The molecule has 0 atom stereocenters. The molecular weight excluding hydrogens is 336 g/mol. The van der Waals surface area contributed by atoms with Crippen LogP contribution < -0.4 is 15.4 Å². The second kappa shape index (κ2) is 7.18. The Bertz CT molecular complexity index is 894. The number of benzene rings is 1. The van der Waals surface area contributed by atoms with Gasteiger partial charge in [-0.3, -0.25) is 0 Å². The number of hydrogen-bond donors (Lipinski definition) is 1. The number of ether oxygens (including phenoxy) is 1. The summed E-state index contributed by atoms with van der Waals surface area (Å²) in [7, 11) is 5.56. The zero-order chi connectivity index (χ0) is 18.0. The van der Waals surface area contributed by atoms with Gasteiger partial charge in [0.15, 0.2) is 22.1 Å². The second-order valence-electron chi connectivity index (χ2n) is 5.74. The van der Waals surface area contributed by atoms with Crippen molar-refractivity contribution >= 4 is 34.4 Å². The highest BCUT2D eigenvalue weighted by Crippen LogP contribution is 2.29. The van der Waals surface area contributed by atoms with E-state index < -0.39 is 0 Å². The maximum atomic E-state index is 5.98. The van der Waals surface area contributed by atoms with Crippen LogP contribution in [0.4, 0.5) is 11.5 Å². The van der Waals surface area contributed by atoms with Crippen LogP contribution in [0.1, 0.15) is 12.5 Å². The van der Waals surface area contributed by atoms with E-state index in [1.807, 2.05) is 36.9 Å². The Morgan fingerprint density at radius 2 is 2.12 bits per heavy atom. The van der Waals surface area contributed by atoms with Crippen LogP contribution in [0.15, 0.2) is 29.7 Å². The molecule has 132 valence electrons. The summed E-state index contributed by atoms with van der Waals surface area (Å²) in [6.07, 6.45) is 1.77. The Morgan fingerprint density at radius 3 is 2.80 bits per heavy atom. The SMILES string of the molecule is CCN(C)c1nc(SCc2ccc(OC)c(N)c2)nc2c1ncn2C. The predicted octanol–water partition coefficient (Wildman–Crippen LogP) is 2.70. The molecule has 0 unspecified atom stereocenters. The minimum Gasteiger partial charge on any atom is -0.495 e. The van der Waals surface area contributed by atoms with E-state index >= 15 is 0 Å². The van der Waals surface area contributed by atoms with Crippen molar-refractivity contribution in [2.24, 2.45) is 7.05 Å². The normalized spacial score (nSPS) is 11.0. The van der Waals surface area contributed by atoms with Gasteiger partial charge in [0.2, 0.25) is 0 Å². The lowest BCUT2D eigenvalue weighted by Gasteiger charge is -2.16. The average Bonchev–Trinajstić information content (AvgIpc) is 3.00. The number of rotatable bonds is 6. The highest BCUT2D eigenvalue weighted by molar-refractivity contribution is 7.98. The largest absolute Gasteiger partial charge is 0.495 e. The molecule has 0 saturated heterocycles. The summed E-state index contributed by atoms with van der Waals surface area (Å²) in [5, 5.41) is 0.723. The van der Waals surface area contributed by atoms with Crippen molar-refractivity contribution in [3.05, 3.63) is 30.1 Å². The number of aryl methyl sites for hydroxylation is 1. The Hall–Kier alpha value is -2.48. The Labute approximate surface area is 151 Å². The van der Waals surface area contributed by atoms with E-state index in [1.165, 1.54) is 0 Å². The van der Waals surface area contributed by atoms with E-state index in [0.29, 0.717) is 11.4 Å². The van der Waals surface area contributed by atoms with Crippen LogP contribution >= 0.6 is 11.8 Å². The number of thioether (sulfide) groups is 1. The fraction of sp³-hybridized carbons (Fsp3) is 0.353. The first-order chi connectivity index (χ1) is 12.0. The van der Waals surface area contributed by atoms with Crippen LogP contribution in [0.2, 0.25) is 0 Å². The van der Waals surface area contributed by atoms with E-state index in [2.05, 4.69) is 21.8 Å². The summed E-state index contributed by atoms with van der Waals surface area (Å²) < 4.78 is 7.11. The molecule has 7 nitrogen and oxygen atoms in total. The van der Waals surface area contributed by atoms with Gasteiger partial charge in [-0.2, -0.15) is 0 Å². The molecule has 2 heterocycles. The highest BCUT2D eigenvalue weighted by Gasteiger charge is 2.15. The lowest BCUT2D eigenvalue weighted by molar-refractivity contribution is 0.417. The zero-order valence-electron chi connectivity index (χ0n) is 14.9. The third-order valence-electron chi connectivity index (χ3n) is 4.02. The van der Waals surface area contributed by atoms with Crippen LogP contribution in [0.25, 0.3) is 11.2 Å². The van der Waals surface area contributed by atoms with Gasteiger partial charge in [-0.25, -0.2) is 15.0 Å². The minimum absolute atomic E-state index is 0.634. The fourth-order valence-corrected chi connectivity index (χ4v) is 3.25. The molecule has 0 saturated carbocycles. The standard InChI is InChI=1S/C17H22N6OS/c1-5-22(2)15-14-16(23(3)10-19-14)21-17(20-15)25-9-11-6-7-13(24-4)12(18)8-11/h6-8,10H,5,9,18H2,1-4H3. The molecule has 0 spiro atoms. The van der Waals surface area contributed by atoms with Gasteiger partial charge in [0, 0.05) is 26.4 Å². The van der Waals surface area contributed by atoms with Gasteiger partial charge in [-0.05, 0) is 24.6 Å². The molecule has 0 aliphatic heterocycles. The number of nitrogens with two attached hydrogens (primary N) is 1. The fourth-order valence-electron chi connectivity index (χ4n) is 2.47. The number of aromatic nitrogens is 4. The summed E-state index contributed by atoms with van der Waals surface area (Å²) in [5.41, 5.74) is 9.37. The van der Waals surface area contributed by atoms with E-state index in [4.69, 9.17) is 15.5 Å². The van der Waals surface area contributed by atoms with Crippen LogP contribution in [-0.4, -0.2) is 40.2 Å². The molecule has 0 aliphatic rings. The number of nitrogens with zero attached hydrogens (tertiary/aromatic N) is 5. The van der Waals surface area contributed by atoms with Crippen molar-refractivity contribution in [1.82, 2.24) is 19.5 Å². The molecule has 0 amide bonds. The lowest BCUT2D eigenvalue weighted by atomic mass is 10.2. The van der Waals surface area contributed by atoms with Crippen molar-refractivity contribution in [3.63, 3.8) is 0 Å². The van der Waals surface area contributed by atoms with Gasteiger partial charge in [0.05, 0.1) is 19.1 Å². The Morgan fingerprint density at radius 1 is 1.32 bits per heavy atom. The maximum Gasteiger partial charge on any atom is 0.191 e. The van der Waals surface area contributed by atoms with Crippen LogP contribution in [0, 0.1) is 0 Å². The molecule has 0 radical (unpaired) electrons. The number of imidazole rings is 1. The van der Waals surface area contributed by atoms with Crippen molar-refractivity contribution in [2.75, 3.05) is 31.3 Å². The third kappa shape index (κ3) is 3.48. The van der Waals surface area contributed by atoms with Gasteiger partial charge >= 0.3 is 0 Å². The zero-order valence-corrected chi connectivity index (χ0v) is 15.7. The van der Waals surface area contributed by atoms with Crippen molar-refractivity contribution in [1.29, 1.82) is 0 Å². The summed E-state index contributed by atoms with van der Waals surface area (Å²) in [4.78, 5) is 15.9. The van der Waals surface area contributed by atoms with Gasteiger partial charge in [0.25, 0.3) is 0 Å². The third-order valence-corrected chi connectivity index (χ3v) is 4.94. The van der Waals surface area contributed by atoms with E-state index in [1.54, 1.807) is 25.2 Å². The number of nitrogen functional groups attached to an aromatic ring is 1. The average molecular weight is 358 g/mol. The molecule has 3 rings (SSSR count). The molecule has 2 N–H and O–H groups in total. The first-order valence-corrected chi connectivity index (χ1v) is 8.97. The number of fused-ring (bicyclic) bond motifs is 1. The Balaban J connectivity index is 1.88. The van der Waals surface area contributed by atoms with Crippen LogP contribution in [0.3, 0.4) is 0 Å². The lowest BCUT2D eigenvalue weighted by Crippen LogP contribution is -2.18. The number of hydrogen-bond acceptors (Lipinski definition) is 7. The second-order valence-corrected chi connectivity index (χ2v) is 6.68. The van der Waals surface area contributed by atoms with Crippen molar-refractivity contribution < 1.29 is 4.74 Å². The molecule has 0 fully saturated rings. The van der Waals surface area contributed by atoms with Gasteiger partial charge in [0.1, 0.15) is 5.75 Å². The number of anilines is 2. The van der Waals surface area contributed by atoms with E-state index in [0.717, 1.165) is 40.0 Å². The molecule has 2 aromatic heterocycles. The minimum atomic E-state index is 0.634. The molecule has 0 bridgehead atoms. The first-order valence-electron chi connectivity index (χ1n) is 7.98. The monoisotopic (exact) mass is 358 g/mol. The predicted molar refractivity (Wildman–Crippen MR) is 102 cm³/mol. The highest BCUT2D eigenvalue weighted by atomic mass is 32.2. The van der Waals surface area contributed by atoms with E-state index in [9.17, 15) is 0 Å². The molecular formula is C17H22N6OS. The van der Waals surface area contributed by atoms with Crippen LogP contribution in [0.5, 0.6) is 5.75 Å². The van der Waals surface area contributed by atoms with Gasteiger partial charge < -0.3 is 19.9 Å². The topological polar surface area (TPSA) is 82.1 Å². The van der Waals surface area contributed by atoms with Crippen LogP contribution in [-0.2, 0) is 12.8 Å². The molecule has 1 aromatic carbocycles. The van der Waals surface area contributed by atoms with Crippen molar-refractivity contribution in [2.45, 2.75) is 17.8 Å². The summed E-state index contributed by atoms with van der Waals surface area (Å²) in [6, 6.07) is 5.81. The maximum absolute atomic E-state index is 5.98. The summed E-state index contributed by atoms with van der Waals surface area (Å²) in [5.74, 6) is 2.27. The quantitative estimate of drug-likeness (QED) is 0.412. The number of methoxy groups -OCH3 is 1. The first kappa shape index (κ1) is 17.3. The smallest absolute Gasteiger partial charge is 0.191 e. The molecule has 3 aromatic rings. The van der Waals surface area contributed by atoms with Gasteiger partial charge in [-0.1, -0.05) is 17.8 Å². The van der Waals surface area contributed by atoms with Crippen molar-refractivity contribution in [3.8, 4) is 5.75 Å². The molecule has 0 aliphatic carbocycles. The molecule has 25 heavy (non-hydrogen) atoms. The Kier molecular flexibility index (Phi) is 4.98. The summed E-state index contributed by atoms with van der Waals surface area (Å²) in [6.45, 7) is 2.94.